The largest absolute Gasteiger partial charge is 0.338 e. The molecule has 0 N–H and O–H groups in total. The first-order valence-electron chi connectivity index (χ1n) is 7.42. The van der Waals surface area contributed by atoms with Gasteiger partial charge in [0.25, 0.3) is 5.91 Å². The summed E-state index contributed by atoms with van der Waals surface area (Å²) in [5.41, 5.74) is 3.50. The van der Waals surface area contributed by atoms with Crippen LogP contribution in [-0.4, -0.2) is 29.6 Å². The number of carbonyl (C=O) groups is 1. The lowest BCUT2D eigenvalue weighted by Gasteiger charge is -2.30. The minimum absolute atomic E-state index is 0.200. The van der Waals surface area contributed by atoms with Gasteiger partial charge in [0.15, 0.2) is 0 Å². The number of benzene rings is 2. The van der Waals surface area contributed by atoms with Crippen LogP contribution in [0.2, 0.25) is 0 Å². The number of rotatable bonds is 2. The molecule has 2 aromatic carbocycles. The Kier molecular flexibility index (Phi) is 3.23. The first-order chi connectivity index (χ1) is 10.3. The van der Waals surface area contributed by atoms with Gasteiger partial charge in [0.1, 0.15) is 0 Å². The van der Waals surface area contributed by atoms with E-state index in [2.05, 4.69) is 30.3 Å². The molecule has 1 amide bonds. The monoisotopic (exact) mass is 295 g/mol. The number of nitrogens with zero attached hydrogens (tertiary/aromatic N) is 1. The second kappa shape index (κ2) is 5.23. The van der Waals surface area contributed by atoms with Crippen LogP contribution in [0, 0.1) is 0 Å². The van der Waals surface area contributed by atoms with Gasteiger partial charge in [0.05, 0.1) is 0 Å². The summed E-state index contributed by atoms with van der Waals surface area (Å²) in [4.78, 5) is 16.1. The van der Waals surface area contributed by atoms with Crippen LogP contribution in [0.1, 0.15) is 27.4 Å². The van der Waals surface area contributed by atoms with Crippen LogP contribution in [0.4, 0.5) is 0 Å². The van der Waals surface area contributed by atoms with Gasteiger partial charge in [0, 0.05) is 35.2 Å². The van der Waals surface area contributed by atoms with E-state index in [1.165, 1.54) is 16.0 Å². The van der Waals surface area contributed by atoms with Gasteiger partial charge in [-0.25, -0.2) is 0 Å². The molecular weight excluding hydrogens is 278 g/mol. The van der Waals surface area contributed by atoms with Gasteiger partial charge >= 0.3 is 0 Å². The lowest BCUT2D eigenvalue weighted by atomic mass is 9.96. The minimum atomic E-state index is 0.200. The van der Waals surface area contributed by atoms with Crippen LogP contribution >= 0.6 is 11.8 Å². The molecule has 4 rings (SSSR count). The van der Waals surface area contributed by atoms with E-state index in [0.29, 0.717) is 5.92 Å². The molecule has 0 saturated heterocycles. The molecule has 0 bridgehead atoms. The molecule has 0 saturated carbocycles. The van der Waals surface area contributed by atoms with Crippen LogP contribution in [0.15, 0.2) is 53.4 Å². The SMILES string of the molecule is O=C1c2ccccc2CCN1CC1CSc2ccccc21. The summed E-state index contributed by atoms with van der Waals surface area (Å²) < 4.78 is 0. The van der Waals surface area contributed by atoms with Crippen molar-refractivity contribution in [1.29, 1.82) is 0 Å². The average Bonchev–Trinajstić information content (AvgIpc) is 2.94. The summed E-state index contributed by atoms with van der Waals surface area (Å²) in [5, 5.41) is 0. The smallest absolute Gasteiger partial charge is 0.254 e. The summed E-state index contributed by atoms with van der Waals surface area (Å²) in [6.45, 7) is 1.69. The predicted molar refractivity (Wildman–Crippen MR) is 86.0 cm³/mol. The van der Waals surface area contributed by atoms with E-state index < -0.39 is 0 Å². The molecule has 2 aliphatic heterocycles. The van der Waals surface area contributed by atoms with Crippen molar-refractivity contribution in [3.05, 3.63) is 65.2 Å². The Balaban J connectivity index is 1.56. The van der Waals surface area contributed by atoms with Gasteiger partial charge in [0.2, 0.25) is 0 Å². The summed E-state index contributed by atoms with van der Waals surface area (Å²) in [6, 6.07) is 16.6. The van der Waals surface area contributed by atoms with Crippen LogP contribution in [0.25, 0.3) is 0 Å². The van der Waals surface area contributed by atoms with Gasteiger partial charge in [-0.2, -0.15) is 0 Å². The molecule has 0 spiro atoms. The van der Waals surface area contributed by atoms with Crippen LogP contribution < -0.4 is 0 Å². The average molecular weight is 295 g/mol. The Morgan fingerprint density at radius 1 is 1.10 bits per heavy atom. The first kappa shape index (κ1) is 13.0. The van der Waals surface area contributed by atoms with Gasteiger partial charge in [-0.15, -0.1) is 11.8 Å². The molecule has 2 aliphatic rings. The normalized spacial score (nSPS) is 20.3. The summed E-state index contributed by atoms with van der Waals surface area (Å²) in [5.74, 6) is 1.76. The van der Waals surface area contributed by atoms with Gasteiger partial charge in [-0.05, 0) is 29.7 Å². The lowest BCUT2D eigenvalue weighted by molar-refractivity contribution is 0.0732. The third kappa shape index (κ3) is 2.26. The van der Waals surface area contributed by atoms with E-state index in [-0.39, 0.29) is 5.91 Å². The van der Waals surface area contributed by atoms with Crippen LogP contribution in [-0.2, 0) is 6.42 Å². The first-order valence-corrected chi connectivity index (χ1v) is 8.40. The van der Waals surface area contributed by atoms with Gasteiger partial charge in [-0.3, -0.25) is 4.79 Å². The Bertz CT molecular complexity index is 697. The van der Waals surface area contributed by atoms with Crippen molar-refractivity contribution < 1.29 is 4.79 Å². The highest BCUT2D eigenvalue weighted by molar-refractivity contribution is 7.99. The van der Waals surface area contributed by atoms with Crippen molar-refractivity contribution in [1.82, 2.24) is 4.90 Å². The molecule has 0 radical (unpaired) electrons. The number of thioether (sulfide) groups is 1. The van der Waals surface area contributed by atoms with Crippen molar-refractivity contribution in [2.24, 2.45) is 0 Å². The third-order valence-corrected chi connectivity index (χ3v) is 5.68. The highest BCUT2D eigenvalue weighted by Crippen LogP contribution is 2.40. The highest BCUT2D eigenvalue weighted by Gasteiger charge is 2.29. The highest BCUT2D eigenvalue weighted by atomic mass is 32.2. The number of fused-ring (bicyclic) bond motifs is 2. The van der Waals surface area contributed by atoms with E-state index in [1.807, 2.05) is 34.9 Å². The second-order valence-corrected chi connectivity index (χ2v) is 6.77. The van der Waals surface area contributed by atoms with Crippen LogP contribution in [0.3, 0.4) is 0 Å². The van der Waals surface area contributed by atoms with Crippen molar-refractivity contribution in [2.45, 2.75) is 17.2 Å². The maximum absolute atomic E-state index is 12.6. The fraction of sp³-hybridized carbons (Fsp3) is 0.278. The predicted octanol–water partition coefficient (Wildman–Crippen LogP) is 3.57. The maximum atomic E-state index is 12.6. The maximum Gasteiger partial charge on any atom is 0.254 e. The number of hydrogen-bond donors (Lipinski definition) is 0. The molecule has 0 fully saturated rings. The molecule has 0 aliphatic carbocycles. The molecule has 1 atom stereocenters. The summed E-state index contributed by atoms with van der Waals surface area (Å²) in [6.07, 6.45) is 0.976. The molecule has 2 heterocycles. The van der Waals surface area contributed by atoms with Crippen LogP contribution in [0.5, 0.6) is 0 Å². The topological polar surface area (TPSA) is 20.3 Å². The standard InChI is InChI=1S/C18H17NOS/c20-18-16-7-2-1-5-13(16)9-10-19(18)11-14-12-21-17-8-4-3-6-15(14)17/h1-8,14H,9-12H2. The summed E-state index contributed by atoms with van der Waals surface area (Å²) >= 11 is 1.91. The summed E-state index contributed by atoms with van der Waals surface area (Å²) in [7, 11) is 0. The van der Waals surface area contributed by atoms with E-state index in [0.717, 1.165) is 30.8 Å². The second-order valence-electron chi connectivity index (χ2n) is 5.70. The molecular formula is C18H17NOS. The fourth-order valence-corrected chi connectivity index (χ4v) is 4.54. The number of hydrogen-bond acceptors (Lipinski definition) is 2. The molecule has 1 unspecified atom stereocenters. The van der Waals surface area contributed by atoms with Crippen molar-refractivity contribution >= 4 is 17.7 Å². The minimum Gasteiger partial charge on any atom is -0.338 e. The molecule has 2 aromatic rings. The number of carbonyl (C=O) groups excluding carboxylic acids is 1. The van der Waals surface area contributed by atoms with Crippen molar-refractivity contribution in [2.75, 3.05) is 18.8 Å². The zero-order chi connectivity index (χ0) is 14.2. The van der Waals surface area contributed by atoms with E-state index in [4.69, 9.17) is 0 Å². The van der Waals surface area contributed by atoms with Crippen molar-refractivity contribution in [3.8, 4) is 0 Å². The van der Waals surface area contributed by atoms with E-state index in [9.17, 15) is 4.79 Å². The Labute approximate surface area is 129 Å². The fourth-order valence-electron chi connectivity index (χ4n) is 3.29. The third-order valence-electron chi connectivity index (χ3n) is 4.43. The molecule has 3 heteroatoms. The molecule has 0 aromatic heterocycles. The van der Waals surface area contributed by atoms with Crippen molar-refractivity contribution in [3.63, 3.8) is 0 Å². The number of amides is 1. The Hall–Kier alpha value is -1.74. The molecule has 2 nitrogen and oxygen atoms in total. The zero-order valence-corrected chi connectivity index (χ0v) is 12.6. The molecule has 106 valence electrons. The quantitative estimate of drug-likeness (QED) is 0.844. The van der Waals surface area contributed by atoms with E-state index in [1.54, 1.807) is 0 Å². The zero-order valence-electron chi connectivity index (χ0n) is 11.8. The Morgan fingerprint density at radius 2 is 1.90 bits per heavy atom. The molecule has 21 heavy (non-hydrogen) atoms. The van der Waals surface area contributed by atoms with Gasteiger partial charge < -0.3 is 4.90 Å². The Morgan fingerprint density at radius 3 is 2.86 bits per heavy atom. The van der Waals surface area contributed by atoms with E-state index >= 15 is 0 Å². The lowest BCUT2D eigenvalue weighted by Crippen LogP contribution is -2.40. The van der Waals surface area contributed by atoms with Gasteiger partial charge in [-0.1, -0.05) is 36.4 Å².